The molecule has 0 aliphatic rings. The quantitative estimate of drug-likeness (QED) is 0.806. The molecule has 0 spiro atoms. The minimum absolute atomic E-state index is 0.403. The molecule has 5 nitrogen and oxygen atoms in total. The molecule has 0 saturated carbocycles. The topological polar surface area (TPSA) is 84.7 Å². The van der Waals surface area contributed by atoms with Crippen LogP contribution in [-0.2, 0) is 5.54 Å². The monoisotopic (exact) mass is 230 g/mol. The first-order chi connectivity index (χ1) is 7.97. The van der Waals surface area contributed by atoms with E-state index in [-0.39, 0.29) is 0 Å². The molecule has 2 aromatic heterocycles. The van der Waals surface area contributed by atoms with Crippen LogP contribution in [0.25, 0.3) is 11.3 Å². The second kappa shape index (κ2) is 4.10. The third-order valence-corrected chi connectivity index (χ3v) is 2.40. The highest BCUT2D eigenvalue weighted by Crippen LogP contribution is 2.19. The van der Waals surface area contributed by atoms with Gasteiger partial charge < -0.3 is 10.7 Å². The van der Waals surface area contributed by atoms with E-state index in [2.05, 4.69) is 15.0 Å². The van der Waals surface area contributed by atoms with Gasteiger partial charge in [0.05, 0.1) is 11.2 Å². The molecule has 5 heteroatoms. The second-order valence-electron chi connectivity index (χ2n) is 4.45. The van der Waals surface area contributed by atoms with Gasteiger partial charge in [-0.15, -0.1) is 0 Å². The first-order valence-corrected chi connectivity index (χ1v) is 5.28. The summed E-state index contributed by atoms with van der Waals surface area (Å²) in [7, 11) is 0. The van der Waals surface area contributed by atoms with Crippen LogP contribution in [0.5, 0.6) is 0 Å². The molecule has 0 bridgehead atoms. The number of H-pyrrole nitrogens is 1. The van der Waals surface area contributed by atoms with Crippen LogP contribution < -0.4 is 11.4 Å². The molecule has 2 heterocycles. The Kier molecular flexibility index (Phi) is 2.77. The Morgan fingerprint density at radius 3 is 2.76 bits per heavy atom. The molecular weight excluding hydrogens is 216 g/mol. The number of rotatable bonds is 2. The third kappa shape index (κ3) is 2.57. The molecule has 2 rings (SSSR count). The summed E-state index contributed by atoms with van der Waals surface area (Å²) in [6, 6.07) is 5.42. The molecule has 88 valence electrons. The molecule has 0 aliphatic carbocycles. The van der Waals surface area contributed by atoms with E-state index in [0.717, 1.165) is 5.56 Å². The highest BCUT2D eigenvalue weighted by atomic mass is 16.1. The molecule has 17 heavy (non-hydrogen) atoms. The van der Waals surface area contributed by atoms with Crippen LogP contribution >= 0.6 is 0 Å². The van der Waals surface area contributed by atoms with Gasteiger partial charge >= 0.3 is 5.69 Å². The predicted molar refractivity (Wildman–Crippen MR) is 65.3 cm³/mol. The Hall–Kier alpha value is -2.01. The van der Waals surface area contributed by atoms with Gasteiger partial charge in [-0.25, -0.2) is 4.79 Å². The van der Waals surface area contributed by atoms with Crippen LogP contribution in [0.1, 0.15) is 19.5 Å². The van der Waals surface area contributed by atoms with Crippen LogP contribution in [0.2, 0.25) is 0 Å². The summed E-state index contributed by atoms with van der Waals surface area (Å²) in [5.41, 5.74) is 6.97. The van der Waals surface area contributed by atoms with Crippen molar-refractivity contribution < 1.29 is 0 Å². The highest BCUT2D eigenvalue weighted by molar-refractivity contribution is 5.57. The summed E-state index contributed by atoms with van der Waals surface area (Å²) in [6.07, 6.45) is 3.33. The molecule has 0 atom stereocenters. The van der Waals surface area contributed by atoms with E-state index in [0.29, 0.717) is 11.4 Å². The van der Waals surface area contributed by atoms with E-state index < -0.39 is 11.2 Å². The van der Waals surface area contributed by atoms with E-state index >= 15 is 0 Å². The average Bonchev–Trinajstić information content (AvgIpc) is 2.28. The van der Waals surface area contributed by atoms with Crippen LogP contribution in [0.15, 0.2) is 35.4 Å². The van der Waals surface area contributed by atoms with Crippen molar-refractivity contribution in [3.63, 3.8) is 0 Å². The zero-order valence-corrected chi connectivity index (χ0v) is 9.77. The fourth-order valence-electron chi connectivity index (χ4n) is 1.47. The van der Waals surface area contributed by atoms with Crippen molar-refractivity contribution in [1.29, 1.82) is 0 Å². The number of aromatic nitrogens is 3. The molecular formula is C12H14N4O. The van der Waals surface area contributed by atoms with E-state index in [1.54, 1.807) is 24.5 Å². The minimum atomic E-state index is -0.612. The zero-order chi connectivity index (χ0) is 12.5. The number of nitrogens with zero attached hydrogens (tertiary/aromatic N) is 2. The molecule has 3 N–H and O–H groups in total. The van der Waals surface area contributed by atoms with Crippen LogP contribution in [0.3, 0.4) is 0 Å². The third-order valence-electron chi connectivity index (χ3n) is 2.40. The Labute approximate surface area is 98.7 Å². The van der Waals surface area contributed by atoms with E-state index in [1.807, 2.05) is 19.9 Å². The number of nitrogens with one attached hydrogen (secondary N) is 1. The first-order valence-electron chi connectivity index (χ1n) is 5.28. The Morgan fingerprint density at radius 2 is 2.18 bits per heavy atom. The lowest BCUT2D eigenvalue weighted by Crippen LogP contribution is -2.32. The average molecular weight is 230 g/mol. The molecule has 0 saturated heterocycles. The number of aromatic amines is 1. The molecule has 0 unspecified atom stereocenters. The van der Waals surface area contributed by atoms with E-state index in [9.17, 15) is 4.79 Å². The fraction of sp³-hybridized carbons (Fsp3) is 0.250. The van der Waals surface area contributed by atoms with Crippen molar-refractivity contribution in [1.82, 2.24) is 15.0 Å². The molecule has 0 fully saturated rings. The van der Waals surface area contributed by atoms with Crippen LogP contribution in [-0.4, -0.2) is 15.0 Å². The van der Waals surface area contributed by atoms with Gasteiger partial charge in [0, 0.05) is 23.7 Å². The number of hydrogen-bond donors (Lipinski definition) is 2. The lowest BCUT2D eigenvalue weighted by Gasteiger charge is -2.18. The lowest BCUT2D eigenvalue weighted by molar-refractivity contribution is 0.531. The molecule has 0 radical (unpaired) electrons. The van der Waals surface area contributed by atoms with Gasteiger partial charge in [-0.2, -0.15) is 4.98 Å². The van der Waals surface area contributed by atoms with Gasteiger partial charge in [0.2, 0.25) is 0 Å². The standard InChI is InChI=1S/C12H14N4O/c1-12(2,13)10-6-9(15-11(17)16-10)8-4-3-5-14-7-8/h3-7H,13H2,1-2H3,(H,15,16,17). The SMILES string of the molecule is CC(C)(N)c1cc(-c2cccnc2)nc(=O)[nH]1. The molecule has 0 amide bonds. The van der Waals surface area contributed by atoms with Gasteiger partial charge in [-0.1, -0.05) is 0 Å². The number of nitrogens with two attached hydrogens (primary N) is 1. The maximum Gasteiger partial charge on any atom is 0.345 e. The first kappa shape index (κ1) is 11.5. The van der Waals surface area contributed by atoms with E-state index in [4.69, 9.17) is 5.73 Å². The Bertz CT molecular complexity index is 569. The van der Waals surface area contributed by atoms with Crippen molar-refractivity contribution >= 4 is 0 Å². The summed E-state index contributed by atoms with van der Waals surface area (Å²) in [5.74, 6) is 0. The maximum atomic E-state index is 11.5. The second-order valence-corrected chi connectivity index (χ2v) is 4.45. The summed E-state index contributed by atoms with van der Waals surface area (Å²) in [5, 5.41) is 0. The van der Waals surface area contributed by atoms with Crippen molar-refractivity contribution in [2.45, 2.75) is 19.4 Å². The lowest BCUT2D eigenvalue weighted by atomic mass is 10.0. The van der Waals surface area contributed by atoms with Gasteiger partial charge in [0.15, 0.2) is 0 Å². The fourth-order valence-corrected chi connectivity index (χ4v) is 1.47. The smallest absolute Gasteiger partial charge is 0.321 e. The van der Waals surface area contributed by atoms with Crippen molar-refractivity contribution in [3.05, 3.63) is 46.8 Å². The van der Waals surface area contributed by atoms with Crippen molar-refractivity contribution in [2.75, 3.05) is 0 Å². The number of hydrogen-bond acceptors (Lipinski definition) is 4. The molecule has 0 aliphatic heterocycles. The van der Waals surface area contributed by atoms with Crippen molar-refractivity contribution in [3.8, 4) is 11.3 Å². The maximum absolute atomic E-state index is 11.5. The van der Waals surface area contributed by atoms with Crippen LogP contribution in [0.4, 0.5) is 0 Å². The van der Waals surface area contributed by atoms with Gasteiger partial charge in [0.1, 0.15) is 0 Å². The highest BCUT2D eigenvalue weighted by Gasteiger charge is 2.17. The van der Waals surface area contributed by atoms with Gasteiger partial charge in [0.25, 0.3) is 0 Å². The summed E-state index contributed by atoms with van der Waals surface area (Å²) in [4.78, 5) is 22.0. The van der Waals surface area contributed by atoms with Gasteiger partial charge in [-0.3, -0.25) is 4.98 Å². The minimum Gasteiger partial charge on any atom is -0.321 e. The van der Waals surface area contributed by atoms with Crippen LogP contribution in [0, 0.1) is 0 Å². The Morgan fingerprint density at radius 1 is 1.41 bits per heavy atom. The van der Waals surface area contributed by atoms with E-state index in [1.165, 1.54) is 0 Å². The summed E-state index contributed by atoms with van der Waals surface area (Å²) < 4.78 is 0. The van der Waals surface area contributed by atoms with Gasteiger partial charge in [-0.05, 0) is 32.0 Å². The largest absolute Gasteiger partial charge is 0.345 e. The Balaban J connectivity index is 2.58. The predicted octanol–water partition coefficient (Wildman–Crippen LogP) is 1.03. The summed E-state index contributed by atoms with van der Waals surface area (Å²) in [6.45, 7) is 3.65. The van der Waals surface area contributed by atoms with Crippen molar-refractivity contribution in [2.24, 2.45) is 5.73 Å². The molecule has 2 aromatic rings. The number of pyridine rings is 1. The zero-order valence-electron chi connectivity index (χ0n) is 9.77. The summed E-state index contributed by atoms with van der Waals surface area (Å²) >= 11 is 0. The normalized spacial score (nSPS) is 11.5. The molecule has 0 aromatic carbocycles.